The molecule has 2 saturated carbocycles. The Bertz CT molecular complexity index is 767. The number of hydrogen-bond donors (Lipinski definition) is 0. The Balaban J connectivity index is 1.24. The first-order valence-corrected chi connectivity index (χ1v) is 10.5. The average Bonchev–Trinajstić information content (AvgIpc) is 3.21. The largest absolute Gasteiger partial charge is 0.342 e. The Morgan fingerprint density at radius 2 is 1.85 bits per heavy atom. The van der Waals surface area contributed by atoms with E-state index < -0.39 is 0 Å². The maximum absolute atomic E-state index is 12.9. The first-order chi connectivity index (χ1) is 13.1. The number of carbonyl (C=O) groups excluding carboxylic acids is 2. The van der Waals surface area contributed by atoms with E-state index in [-0.39, 0.29) is 11.8 Å². The Morgan fingerprint density at radius 1 is 1.07 bits per heavy atom. The number of likely N-dealkylation sites (tertiary alicyclic amines) is 1. The van der Waals surface area contributed by atoms with E-state index in [0.717, 1.165) is 49.6 Å². The Labute approximate surface area is 160 Å². The van der Waals surface area contributed by atoms with Gasteiger partial charge in [-0.3, -0.25) is 9.59 Å². The zero-order valence-electron chi connectivity index (χ0n) is 16.1. The van der Waals surface area contributed by atoms with Gasteiger partial charge in [0.05, 0.1) is 5.69 Å². The van der Waals surface area contributed by atoms with Gasteiger partial charge in [-0.2, -0.15) is 0 Å². The van der Waals surface area contributed by atoms with Crippen molar-refractivity contribution in [3.8, 4) is 0 Å². The summed E-state index contributed by atoms with van der Waals surface area (Å²) in [5.41, 5.74) is 2.14. The van der Waals surface area contributed by atoms with Crippen LogP contribution in [-0.2, 0) is 22.6 Å². The van der Waals surface area contributed by atoms with Gasteiger partial charge in [-0.25, -0.2) is 9.97 Å². The van der Waals surface area contributed by atoms with Crippen LogP contribution in [0.4, 0.5) is 0 Å². The van der Waals surface area contributed by atoms with Crippen LogP contribution in [0.2, 0.25) is 0 Å². The van der Waals surface area contributed by atoms with Crippen molar-refractivity contribution in [1.82, 2.24) is 19.8 Å². The molecule has 27 heavy (non-hydrogen) atoms. The first kappa shape index (κ1) is 17.1. The fourth-order valence-electron chi connectivity index (χ4n) is 5.54. The number of fused-ring (bicyclic) bond motifs is 2. The molecule has 0 radical (unpaired) electrons. The highest BCUT2D eigenvalue weighted by Crippen LogP contribution is 2.56. The molecule has 4 aliphatic rings. The topological polar surface area (TPSA) is 66.4 Å². The summed E-state index contributed by atoms with van der Waals surface area (Å²) in [5.74, 6) is 3.30. The molecule has 2 aliphatic carbocycles. The molecule has 2 aliphatic heterocycles. The van der Waals surface area contributed by atoms with Crippen LogP contribution in [-0.4, -0.2) is 51.2 Å². The average molecular weight is 368 g/mol. The van der Waals surface area contributed by atoms with Crippen LogP contribution in [0.3, 0.4) is 0 Å². The molecule has 0 bridgehead atoms. The van der Waals surface area contributed by atoms with Gasteiger partial charge in [0.1, 0.15) is 5.82 Å². The van der Waals surface area contributed by atoms with E-state index in [2.05, 4.69) is 9.88 Å². The molecule has 6 nitrogen and oxygen atoms in total. The van der Waals surface area contributed by atoms with Crippen molar-refractivity contribution >= 4 is 11.8 Å². The van der Waals surface area contributed by atoms with Crippen LogP contribution in [0.1, 0.15) is 62.0 Å². The van der Waals surface area contributed by atoms with Crippen molar-refractivity contribution in [3.63, 3.8) is 0 Å². The third-order valence-corrected chi connectivity index (χ3v) is 7.20. The maximum Gasteiger partial charge on any atom is 0.226 e. The molecule has 3 fully saturated rings. The molecule has 1 aromatic heterocycles. The molecule has 1 saturated heterocycles. The number of amides is 2. The number of hydrogen-bond acceptors (Lipinski definition) is 4. The summed E-state index contributed by atoms with van der Waals surface area (Å²) < 4.78 is 0. The summed E-state index contributed by atoms with van der Waals surface area (Å²) in [5, 5.41) is 0. The van der Waals surface area contributed by atoms with E-state index in [1.165, 1.54) is 25.7 Å². The van der Waals surface area contributed by atoms with Crippen molar-refractivity contribution in [3.05, 3.63) is 23.3 Å². The molecule has 0 spiro atoms. The van der Waals surface area contributed by atoms with Crippen molar-refractivity contribution in [2.45, 2.75) is 57.9 Å². The number of rotatable bonds is 2. The number of nitrogens with zero attached hydrogens (tertiary/aromatic N) is 4. The first-order valence-electron chi connectivity index (χ1n) is 10.5. The maximum atomic E-state index is 12.9. The molecular formula is C21H28N4O2. The number of aromatic nitrogens is 2. The zero-order chi connectivity index (χ0) is 18.5. The normalized spacial score (nSPS) is 32.0. The van der Waals surface area contributed by atoms with Crippen molar-refractivity contribution < 1.29 is 9.59 Å². The fourth-order valence-corrected chi connectivity index (χ4v) is 5.54. The lowest BCUT2D eigenvalue weighted by Crippen LogP contribution is -2.35. The highest BCUT2D eigenvalue weighted by Gasteiger charge is 2.56. The highest BCUT2D eigenvalue weighted by atomic mass is 16.2. The predicted molar refractivity (Wildman–Crippen MR) is 99.7 cm³/mol. The van der Waals surface area contributed by atoms with E-state index in [9.17, 15) is 9.59 Å². The minimum atomic E-state index is 0.107. The van der Waals surface area contributed by atoms with Crippen LogP contribution < -0.4 is 0 Å². The third-order valence-electron chi connectivity index (χ3n) is 7.20. The van der Waals surface area contributed by atoms with E-state index in [1.807, 2.05) is 11.1 Å². The smallest absolute Gasteiger partial charge is 0.226 e. The second kappa shape index (κ2) is 6.57. The molecule has 1 unspecified atom stereocenters. The molecule has 3 heterocycles. The summed E-state index contributed by atoms with van der Waals surface area (Å²) in [7, 11) is 0. The van der Waals surface area contributed by atoms with Crippen LogP contribution >= 0.6 is 0 Å². The molecule has 2 amide bonds. The molecule has 5 rings (SSSR count). The monoisotopic (exact) mass is 368 g/mol. The summed E-state index contributed by atoms with van der Waals surface area (Å²) in [6.45, 7) is 4.58. The second-order valence-corrected chi connectivity index (χ2v) is 8.80. The van der Waals surface area contributed by atoms with Crippen molar-refractivity contribution in [2.75, 3.05) is 19.6 Å². The van der Waals surface area contributed by atoms with Crippen molar-refractivity contribution in [1.29, 1.82) is 0 Å². The zero-order valence-corrected chi connectivity index (χ0v) is 16.1. The summed E-state index contributed by atoms with van der Waals surface area (Å²) >= 11 is 0. The van der Waals surface area contributed by atoms with Crippen LogP contribution in [0.5, 0.6) is 0 Å². The van der Waals surface area contributed by atoms with Gasteiger partial charge in [0, 0.05) is 63.1 Å². The molecule has 1 aromatic rings. The van der Waals surface area contributed by atoms with Gasteiger partial charge < -0.3 is 9.80 Å². The SMILES string of the molecule is CC(=O)N1CCc2nc([C@H]3CCN(C(=O)C4[C@H]5CCCC[C@@H]45)C3)ncc2C1. The fraction of sp³-hybridized carbons (Fsp3) is 0.714. The second-order valence-electron chi connectivity index (χ2n) is 8.80. The standard InChI is InChI=1S/C21H28N4O2/c1-13(26)24-9-7-18-15(12-24)10-22-20(23-18)14-6-8-25(11-14)21(27)19-16-4-2-3-5-17(16)19/h10,14,16-17,19H,2-9,11-12H2,1H3/t14-,16-,17+,19?/m0/s1. The lowest BCUT2D eigenvalue weighted by atomic mass is 10.0. The summed E-state index contributed by atoms with van der Waals surface area (Å²) in [6.07, 6.45) is 8.77. The van der Waals surface area contributed by atoms with E-state index >= 15 is 0 Å². The van der Waals surface area contributed by atoms with E-state index in [4.69, 9.17) is 4.98 Å². The minimum absolute atomic E-state index is 0.107. The molecule has 6 heteroatoms. The molecule has 0 N–H and O–H groups in total. The Morgan fingerprint density at radius 3 is 2.59 bits per heavy atom. The molecule has 4 atom stereocenters. The lowest BCUT2D eigenvalue weighted by molar-refractivity contribution is -0.132. The third kappa shape index (κ3) is 3.03. The van der Waals surface area contributed by atoms with Crippen molar-refractivity contribution in [2.24, 2.45) is 17.8 Å². The molecular weight excluding hydrogens is 340 g/mol. The van der Waals surface area contributed by atoms with E-state index in [1.54, 1.807) is 6.92 Å². The molecule has 144 valence electrons. The van der Waals surface area contributed by atoms with E-state index in [0.29, 0.717) is 30.2 Å². The summed E-state index contributed by atoms with van der Waals surface area (Å²) in [6, 6.07) is 0. The molecule has 0 aromatic carbocycles. The lowest BCUT2D eigenvalue weighted by Gasteiger charge is -2.27. The van der Waals surface area contributed by atoms with Gasteiger partial charge in [0.2, 0.25) is 11.8 Å². The summed E-state index contributed by atoms with van der Waals surface area (Å²) in [4.78, 5) is 37.9. The van der Waals surface area contributed by atoms with Gasteiger partial charge in [-0.05, 0) is 31.1 Å². The minimum Gasteiger partial charge on any atom is -0.342 e. The quantitative estimate of drug-likeness (QED) is 0.802. The number of carbonyl (C=O) groups is 2. The Kier molecular flexibility index (Phi) is 4.17. The van der Waals surface area contributed by atoms with Gasteiger partial charge in [-0.15, -0.1) is 0 Å². The highest BCUT2D eigenvalue weighted by molar-refractivity contribution is 5.82. The van der Waals surface area contributed by atoms with Crippen LogP contribution in [0.15, 0.2) is 6.20 Å². The van der Waals surface area contributed by atoms with Gasteiger partial charge in [-0.1, -0.05) is 12.8 Å². The van der Waals surface area contributed by atoms with Gasteiger partial charge in [0.15, 0.2) is 0 Å². The van der Waals surface area contributed by atoms with Crippen LogP contribution in [0, 0.1) is 17.8 Å². The predicted octanol–water partition coefficient (Wildman–Crippen LogP) is 2.13. The van der Waals surface area contributed by atoms with Gasteiger partial charge in [0.25, 0.3) is 0 Å². The Hall–Kier alpha value is -1.98. The van der Waals surface area contributed by atoms with Gasteiger partial charge >= 0.3 is 0 Å². The van der Waals surface area contributed by atoms with Crippen LogP contribution in [0.25, 0.3) is 0 Å².